The molecule has 1 aromatic carbocycles. The molecule has 1 aliphatic rings. The number of pyridine rings is 1. The van der Waals surface area contributed by atoms with Gasteiger partial charge in [-0.15, -0.1) is 11.8 Å². The first-order valence-electron chi connectivity index (χ1n) is 6.20. The zero-order chi connectivity index (χ0) is 13.1. The van der Waals surface area contributed by atoms with Crippen molar-refractivity contribution in [2.75, 3.05) is 0 Å². The summed E-state index contributed by atoms with van der Waals surface area (Å²) in [5.74, 6) is 0.174. The first kappa shape index (κ1) is 12.2. The molecule has 0 amide bonds. The molecule has 2 nitrogen and oxygen atoms in total. The average Bonchev–Trinajstić information content (AvgIpc) is 2.48. The Balaban J connectivity index is 1.90. The minimum atomic E-state index is 0.174. The van der Waals surface area contributed by atoms with Crippen LogP contribution in [0.3, 0.4) is 0 Å². The first-order valence-corrected chi connectivity index (χ1v) is 7.08. The summed E-state index contributed by atoms with van der Waals surface area (Å²) in [7, 11) is 0. The molecule has 1 aromatic heterocycles. The molecule has 0 fully saturated rings. The van der Waals surface area contributed by atoms with Gasteiger partial charge in [0, 0.05) is 22.8 Å². The van der Waals surface area contributed by atoms with Gasteiger partial charge in [0.15, 0.2) is 5.78 Å². The molecule has 0 radical (unpaired) electrons. The van der Waals surface area contributed by atoms with E-state index < -0.39 is 0 Å². The summed E-state index contributed by atoms with van der Waals surface area (Å²) in [6.45, 7) is 0. The number of allylic oxidation sites excluding steroid dienone is 1. The van der Waals surface area contributed by atoms with Gasteiger partial charge in [-0.05, 0) is 23.8 Å². The summed E-state index contributed by atoms with van der Waals surface area (Å²) >= 11 is 1.72. The molecular formula is C16H13NOS. The summed E-state index contributed by atoms with van der Waals surface area (Å²) < 4.78 is 0. The lowest BCUT2D eigenvalue weighted by molar-refractivity contribution is -0.114. The van der Waals surface area contributed by atoms with Crippen LogP contribution in [0.25, 0.3) is 4.91 Å². The van der Waals surface area contributed by atoms with Crippen LogP contribution in [0.1, 0.15) is 22.9 Å². The zero-order valence-electron chi connectivity index (χ0n) is 10.3. The van der Waals surface area contributed by atoms with E-state index in [0.717, 1.165) is 10.6 Å². The largest absolute Gasteiger partial charge is 0.295 e. The Bertz CT molecular complexity index is 607. The number of benzene rings is 1. The molecule has 3 rings (SSSR count). The molecule has 2 aromatic rings. The third-order valence-electron chi connectivity index (χ3n) is 3.04. The van der Waals surface area contributed by atoms with Crippen LogP contribution in [0, 0.1) is 0 Å². The van der Waals surface area contributed by atoms with Crippen molar-refractivity contribution in [3.8, 4) is 0 Å². The van der Waals surface area contributed by atoms with Crippen LogP contribution in [0.2, 0.25) is 0 Å². The molecule has 0 N–H and O–H groups in total. The number of nitrogens with zero attached hydrogens (tertiary/aromatic N) is 1. The smallest absolute Gasteiger partial charge is 0.158 e. The standard InChI is InChI=1S/C16H13NOS/c18-13-10-15(12-6-2-1-3-7-12)19-16(11-13)14-8-4-5-9-17-14/h1-9,11,15H,10H2. The molecule has 0 aliphatic carbocycles. The van der Waals surface area contributed by atoms with E-state index in [1.54, 1.807) is 24.0 Å². The Morgan fingerprint density at radius 1 is 1.05 bits per heavy atom. The molecule has 0 saturated carbocycles. The zero-order valence-corrected chi connectivity index (χ0v) is 11.1. The normalized spacial score (nSPS) is 19.1. The molecule has 1 aliphatic heterocycles. The number of hydrogen-bond donors (Lipinski definition) is 0. The number of carbonyl (C=O) groups excluding carboxylic acids is 1. The highest BCUT2D eigenvalue weighted by atomic mass is 32.2. The maximum Gasteiger partial charge on any atom is 0.158 e. The van der Waals surface area contributed by atoms with Gasteiger partial charge in [-0.2, -0.15) is 0 Å². The molecule has 2 heterocycles. The number of thioether (sulfide) groups is 1. The summed E-state index contributed by atoms with van der Waals surface area (Å²) in [5, 5.41) is 0.190. The number of aromatic nitrogens is 1. The Morgan fingerprint density at radius 2 is 1.84 bits per heavy atom. The minimum absolute atomic E-state index is 0.174. The summed E-state index contributed by atoms with van der Waals surface area (Å²) in [6, 6.07) is 15.9. The Kier molecular flexibility index (Phi) is 3.47. The monoisotopic (exact) mass is 267 g/mol. The van der Waals surface area contributed by atoms with E-state index in [0.29, 0.717) is 6.42 Å². The van der Waals surface area contributed by atoms with E-state index in [-0.39, 0.29) is 11.0 Å². The van der Waals surface area contributed by atoms with Crippen LogP contribution in [-0.4, -0.2) is 10.8 Å². The van der Waals surface area contributed by atoms with Crippen molar-refractivity contribution in [2.24, 2.45) is 0 Å². The van der Waals surface area contributed by atoms with Gasteiger partial charge in [-0.1, -0.05) is 36.4 Å². The predicted octanol–water partition coefficient (Wildman–Crippen LogP) is 3.87. The van der Waals surface area contributed by atoms with Crippen molar-refractivity contribution >= 4 is 22.5 Å². The lowest BCUT2D eigenvalue weighted by Gasteiger charge is -2.21. The minimum Gasteiger partial charge on any atom is -0.295 e. The van der Waals surface area contributed by atoms with E-state index in [4.69, 9.17) is 0 Å². The molecule has 19 heavy (non-hydrogen) atoms. The van der Waals surface area contributed by atoms with Crippen molar-refractivity contribution in [2.45, 2.75) is 11.7 Å². The molecule has 1 unspecified atom stereocenters. The molecule has 1 atom stereocenters. The van der Waals surface area contributed by atoms with Crippen LogP contribution in [0.15, 0.2) is 60.8 Å². The molecule has 0 bridgehead atoms. The lowest BCUT2D eigenvalue weighted by atomic mass is 10.1. The maximum absolute atomic E-state index is 11.9. The van der Waals surface area contributed by atoms with Crippen LogP contribution >= 0.6 is 11.8 Å². The highest BCUT2D eigenvalue weighted by molar-refractivity contribution is 8.08. The lowest BCUT2D eigenvalue weighted by Crippen LogP contribution is -2.08. The molecular weight excluding hydrogens is 254 g/mol. The van der Waals surface area contributed by atoms with Gasteiger partial charge in [0.1, 0.15) is 0 Å². The van der Waals surface area contributed by atoms with Gasteiger partial charge in [-0.3, -0.25) is 9.78 Å². The van der Waals surface area contributed by atoms with Gasteiger partial charge in [0.05, 0.1) is 5.69 Å². The van der Waals surface area contributed by atoms with Crippen molar-refractivity contribution in [1.29, 1.82) is 0 Å². The van der Waals surface area contributed by atoms with Crippen LogP contribution in [-0.2, 0) is 4.79 Å². The fourth-order valence-electron chi connectivity index (χ4n) is 2.11. The van der Waals surface area contributed by atoms with E-state index >= 15 is 0 Å². The maximum atomic E-state index is 11.9. The van der Waals surface area contributed by atoms with Gasteiger partial charge < -0.3 is 0 Å². The van der Waals surface area contributed by atoms with E-state index in [1.807, 2.05) is 36.4 Å². The van der Waals surface area contributed by atoms with Gasteiger partial charge in [-0.25, -0.2) is 0 Å². The van der Waals surface area contributed by atoms with Crippen molar-refractivity contribution in [1.82, 2.24) is 4.98 Å². The topological polar surface area (TPSA) is 30.0 Å². The number of rotatable bonds is 2. The summed E-state index contributed by atoms with van der Waals surface area (Å²) in [4.78, 5) is 17.2. The second kappa shape index (κ2) is 5.41. The van der Waals surface area contributed by atoms with E-state index in [2.05, 4.69) is 17.1 Å². The number of ketones is 1. The van der Waals surface area contributed by atoms with Gasteiger partial charge >= 0.3 is 0 Å². The predicted molar refractivity (Wildman–Crippen MR) is 78.6 cm³/mol. The Labute approximate surface area is 116 Å². The molecule has 0 saturated heterocycles. The number of carbonyl (C=O) groups is 1. The highest BCUT2D eigenvalue weighted by Crippen LogP contribution is 2.44. The Morgan fingerprint density at radius 3 is 2.58 bits per heavy atom. The average molecular weight is 267 g/mol. The van der Waals surface area contributed by atoms with Crippen molar-refractivity contribution < 1.29 is 4.79 Å². The summed E-state index contributed by atoms with van der Waals surface area (Å²) in [5.41, 5.74) is 2.07. The van der Waals surface area contributed by atoms with E-state index in [1.165, 1.54) is 5.56 Å². The van der Waals surface area contributed by atoms with Crippen LogP contribution in [0.5, 0.6) is 0 Å². The third kappa shape index (κ3) is 2.76. The highest BCUT2D eigenvalue weighted by Gasteiger charge is 2.23. The quantitative estimate of drug-likeness (QED) is 0.827. The molecule has 3 heteroatoms. The van der Waals surface area contributed by atoms with Crippen molar-refractivity contribution in [3.05, 3.63) is 72.1 Å². The fraction of sp³-hybridized carbons (Fsp3) is 0.125. The number of hydrogen-bond acceptors (Lipinski definition) is 3. The van der Waals surface area contributed by atoms with E-state index in [9.17, 15) is 4.79 Å². The Hall–Kier alpha value is -1.87. The second-order valence-corrected chi connectivity index (χ2v) is 5.66. The third-order valence-corrected chi connectivity index (χ3v) is 4.34. The van der Waals surface area contributed by atoms with Crippen LogP contribution in [0.4, 0.5) is 0 Å². The van der Waals surface area contributed by atoms with Crippen molar-refractivity contribution in [3.63, 3.8) is 0 Å². The second-order valence-electron chi connectivity index (χ2n) is 4.41. The molecule has 94 valence electrons. The summed E-state index contributed by atoms with van der Waals surface area (Å²) in [6.07, 6.45) is 4.03. The fourth-order valence-corrected chi connectivity index (χ4v) is 3.40. The SMILES string of the molecule is O=C1C=C(c2ccccn2)SC(c2ccccc2)C1. The van der Waals surface area contributed by atoms with Gasteiger partial charge in [0.25, 0.3) is 0 Å². The van der Waals surface area contributed by atoms with Gasteiger partial charge in [0.2, 0.25) is 0 Å². The van der Waals surface area contributed by atoms with Crippen LogP contribution < -0.4 is 0 Å². The first-order chi connectivity index (χ1) is 9.33. The molecule has 0 spiro atoms.